The molecule has 29 heavy (non-hydrogen) atoms. The van der Waals surface area contributed by atoms with Gasteiger partial charge in [0, 0.05) is 49.0 Å². The number of amides is 1. The van der Waals surface area contributed by atoms with Crippen LogP contribution in [0.15, 0.2) is 18.2 Å². The average Bonchev–Trinajstić information content (AvgIpc) is 2.89. The first-order chi connectivity index (χ1) is 13.7. The van der Waals surface area contributed by atoms with Gasteiger partial charge in [-0.2, -0.15) is 5.10 Å². The number of piperazine rings is 1. The summed E-state index contributed by atoms with van der Waals surface area (Å²) in [6, 6.07) is 5.73. The van der Waals surface area contributed by atoms with E-state index < -0.39 is 0 Å². The van der Waals surface area contributed by atoms with Crippen molar-refractivity contribution in [2.45, 2.75) is 40.7 Å². The van der Waals surface area contributed by atoms with Gasteiger partial charge >= 0.3 is 0 Å². The Kier molecular flexibility index (Phi) is 6.85. The predicted octanol–water partition coefficient (Wildman–Crippen LogP) is 3.74. The summed E-state index contributed by atoms with van der Waals surface area (Å²) in [6.07, 6.45) is 0.310. The lowest BCUT2D eigenvalue weighted by molar-refractivity contribution is -0.115. The molecule has 0 atom stereocenters. The second kappa shape index (κ2) is 9.18. The first-order valence-electron chi connectivity index (χ1n) is 10.3. The van der Waals surface area contributed by atoms with Crippen LogP contribution in [0.25, 0.3) is 0 Å². The molecule has 0 bridgehead atoms. The van der Waals surface area contributed by atoms with Gasteiger partial charge in [-0.3, -0.25) is 9.48 Å². The summed E-state index contributed by atoms with van der Waals surface area (Å²) in [7, 11) is 2.13. The number of nitrogens with one attached hydrogen (secondary N) is 1. The molecule has 0 saturated carbocycles. The van der Waals surface area contributed by atoms with E-state index in [0.717, 1.165) is 61.0 Å². The summed E-state index contributed by atoms with van der Waals surface area (Å²) in [6.45, 7) is 13.1. The molecule has 3 rings (SSSR count). The third kappa shape index (κ3) is 5.31. The molecule has 0 aliphatic carbocycles. The van der Waals surface area contributed by atoms with E-state index in [4.69, 9.17) is 11.6 Å². The molecule has 1 aliphatic rings. The van der Waals surface area contributed by atoms with Crippen molar-refractivity contribution >= 4 is 28.9 Å². The van der Waals surface area contributed by atoms with Crippen molar-refractivity contribution in [1.29, 1.82) is 0 Å². The molecule has 1 aromatic heterocycles. The molecule has 1 N–H and O–H groups in total. The lowest BCUT2D eigenvalue weighted by Crippen LogP contribution is -2.44. The Labute approximate surface area is 178 Å². The van der Waals surface area contributed by atoms with E-state index in [0.29, 0.717) is 17.4 Å². The zero-order valence-corrected chi connectivity index (χ0v) is 18.9. The Hall–Kier alpha value is -2.05. The van der Waals surface area contributed by atoms with Gasteiger partial charge in [-0.15, -0.1) is 0 Å². The van der Waals surface area contributed by atoms with Gasteiger partial charge in [0.1, 0.15) is 0 Å². The maximum Gasteiger partial charge on any atom is 0.228 e. The molecule has 6 nitrogen and oxygen atoms in total. The molecule has 0 radical (unpaired) electrons. The number of rotatable bonds is 6. The van der Waals surface area contributed by atoms with Gasteiger partial charge in [0.2, 0.25) is 5.91 Å². The molecule has 1 aliphatic heterocycles. The molecule has 158 valence electrons. The van der Waals surface area contributed by atoms with Gasteiger partial charge in [0.05, 0.1) is 23.5 Å². The summed E-state index contributed by atoms with van der Waals surface area (Å²) in [5, 5.41) is 8.34. The largest absolute Gasteiger partial charge is 0.367 e. The maximum atomic E-state index is 12.9. The Balaban J connectivity index is 1.76. The van der Waals surface area contributed by atoms with Crippen molar-refractivity contribution in [2.24, 2.45) is 5.92 Å². The van der Waals surface area contributed by atoms with Crippen molar-refractivity contribution in [3.63, 3.8) is 0 Å². The Bertz CT molecular complexity index is 868. The number of hydrogen-bond donors (Lipinski definition) is 1. The highest BCUT2D eigenvalue weighted by Gasteiger charge is 2.20. The van der Waals surface area contributed by atoms with Gasteiger partial charge in [-0.25, -0.2) is 0 Å². The number of hydrogen-bond acceptors (Lipinski definition) is 4. The number of anilines is 2. The van der Waals surface area contributed by atoms with Crippen LogP contribution in [0.2, 0.25) is 5.02 Å². The Morgan fingerprint density at radius 1 is 1.21 bits per heavy atom. The zero-order chi connectivity index (χ0) is 21.1. The first-order valence-corrected chi connectivity index (χ1v) is 10.7. The number of nitrogens with zero attached hydrogens (tertiary/aromatic N) is 4. The number of aromatic nitrogens is 2. The third-order valence-corrected chi connectivity index (χ3v) is 5.72. The predicted molar refractivity (Wildman–Crippen MR) is 120 cm³/mol. The lowest BCUT2D eigenvalue weighted by Gasteiger charge is -2.35. The number of halogens is 1. The molecule has 7 heteroatoms. The van der Waals surface area contributed by atoms with E-state index in [2.05, 4.69) is 41.1 Å². The van der Waals surface area contributed by atoms with Crippen LogP contribution in [0, 0.1) is 19.8 Å². The van der Waals surface area contributed by atoms with Gasteiger partial charge < -0.3 is 15.1 Å². The van der Waals surface area contributed by atoms with Crippen LogP contribution >= 0.6 is 11.6 Å². The quantitative estimate of drug-likeness (QED) is 0.777. The fraction of sp³-hybridized carbons (Fsp3) is 0.545. The standard InChI is InChI=1S/C22H32ClN5O/c1-15(2)14-28-17(4)19(16(3)25-28)13-22(29)24-20-12-18(23)6-7-21(20)27-10-8-26(5)9-11-27/h6-7,12,15H,8-11,13-14H2,1-5H3,(H,24,29). The molecule has 2 aromatic rings. The van der Waals surface area contributed by atoms with Crippen LogP contribution in [0.3, 0.4) is 0 Å². The molecule has 1 aromatic carbocycles. The van der Waals surface area contributed by atoms with Crippen LogP contribution in [0.1, 0.15) is 30.8 Å². The first kappa shape index (κ1) is 21.7. The molecule has 0 spiro atoms. The number of likely N-dealkylation sites (N-methyl/N-ethyl adjacent to an activating group) is 1. The van der Waals surface area contributed by atoms with E-state index in [-0.39, 0.29) is 5.91 Å². The van der Waals surface area contributed by atoms with Gasteiger partial charge in [-0.05, 0) is 45.0 Å². The monoisotopic (exact) mass is 417 g/mol. The zero-order valence-electron chi connectivity index (χ0n) is 18.1. The summed E-state index contributed by atoms with van der Waals surface area (Å²) in [5.41, 5.74) is 4.79. The minimum Gasteiger partial charge on any atom is -0.367 e. The Morgan fingerprint density at radius 3 is 2.55 bits per heavy atom. The third-order valence-electron chi connectivity index (χ3n) is 5.48. The molecular weight excluding hydrogens is 386 g/mol. The van der Waals surface area contributed by atoms with E-state index in [1.54, 1.807) is 0 Å². The molecule has 1 fully saturated rings. The second-order valence-electron chi connectivity index (χ2n) is 8.40. The Morgan fingerprint density at radius 2 is 1.90 bits per heavy atom. The highest BCUT2D eigenvalue weighted by molar-refractivity contribution is 6.31. The van der Waals surface area contributed by atoms with E-state index in [1.807, 2.05) is 36.7 Å². The number of aryl methyl sites for hydroxylation is 1. The second-order valence-corrected chi connectivity index (χ2v) is 8.84. The number of benzene rings is 1. The van der Waals surface area contributed by atoms with Crippen LogP contribution in [0.5, 0.6) is 0 Å². The average molecular weight is 418 g/mol. The summed E-state index contributed by atoms with van der Waals surface area (Å²) in [4.78, 5) is 17.5. The van der Waals surface area contributed by atoms with Gasteiger partial charge in [0.15, 0.2) is 0 Å². The highest BCUT2D eigenvalue weighted by atomic mass is 35.5. The minimum absolute atomic E-state index is 0.0436. The van der Waals surface area contributed by atoms with Crippen molar-refractivity contribution in [3.05, 3.63) is 40.2 Å². The fourth-order valence-corrected chi connectivity index (χ4v) is 3.97. The molecule has 0 unspecified atom stereocenters. The van der Waals surface area contributed by atoms with E-state index in [9.17, 15) is 4.79 Å². The van der Waals surface area contributed by atoms with E-state index in [1.165, 1.54) is 0 Å². The maximum absolute atomic E-state index is 12.9. The van der Waals surface area contributed by atoms with Crippen LogP contribution < -0.4 is 10.2 Å². The SMILES string of the molecule is Cc1nn(CC(C)C)c(C)c1CC(=O)Nc1cc(Cl)ccc1N1CCN(C)CC1. The normalized spacial score (nSPS) is 15.2. The summed E-state index contributed by atoms with van der Waals surface area (Å²) < 4.78 is 2.01. The fourth-order valence-electron chi connectivity index (χ4n) is 3.80. The van der Waals surface area contributed by atoms with Crippen LogP contribution in [-0.2, 0) is 17.8 Å². The molecule has 2 heterocycles. The van der Waals surface area contributed by atoms with Crippen molar-refractivity contribution < 1.29 is 4.79 Å². The summed E-state index contributed by atoms with van der Waals surface area (Å²) >= 11 is 6.23. The van der Waals surface area contributed by atoms with Crippen molar-refractivity contribution in [3.8, 4) is 0 Å². The lowest BCUT2D eigenvalue weighted by atomic mass is 10.1. The highest BCUT2D eigenvalue weighted by Crippen LogP contribution is 2.30. The number of carbonyl (C=O) groups is 1. The number of carbonyl (C=O) groups excluding carboxylic acids is 1. The van der Waals surface area contributed by atoms with Gasteiger partial charge in [-0.1, -0.05) is 25.4 Å². The smallest absolute Gasteiger partial charge is 0.228 e. The minimum atomic E-state index is -0.0436. The molecule has 1 saturated heterocycles. The molecule has 1 amide bonds. The van der Waals surface area contributed by atoms with Crippen molar-refractivity contribution in [1.82, 2.24) is 14.7 Å². The van der Waals surface area contributed by atoms with Crippen LogP contribution in [-0.4, -0.2) is 53.8 Å². The summed E-state index contributed by atoms with van der Waals surface area (Å²) in [5.74, 6) is 0.463. The van der Waals surface area contributed by atoms with Crippen molar-refractivity contribution in [2.75, 3.05) is 43.4 Å². The topological polar surface area (TPSA) is 53.4 Å². The molecular formula is C22H32ClN5O. The van der Waals surface area contributed by atoms with Crippen LogP contribution in [0.4, 0.5) is 11.4 Å². The van der Waals surface area contributed by atoms with Gasteiger partial charge in [0.25, 0.3) is 0 Å². The van der Waals surface area contributed by atoms with E-state index >= 15 is 0 Å².